The first-order valence-corrected chi connectivity index (χ1v) is 8.50. The van der Waals surface area contributed by atoms with Gasteiger partial charge in [0.1, 0.15) is 0 Å². The van der Waals surface area contributed by atoms with E-state index >= 15 is 0 Å². The molecule has 2 aromatic carbocycles. The lowest BCUT2D eigenvalue weighted by Gasteiger charge is -2.18. The molecule has 0 spiro atoms. The van der Waals surface area contributed by atoms with E-state index in [9.17, 15) is 4.79 Å². The van der Waals surface area contributed by atoms with Crippen LogP contribution in [0.4, 0.5) is 5.69 Å². The van der Waals surface area contributed by atoms with E-state index < -0.39 is 0 Å². The summed E-state index contributed by atoms with van der Waals surface area (Å²) in [6.07, 6.45) is 0. The molecule has 0 unspecified atom stereocenters. The van der Waals surface area contributed by atoms with Crippen LogP contribution in [-0.4, -0.2) is 30.4 Å². The van der Waals surface area contributed by atoms with Crippen molar-refractivity contribution < 1.29 is 4.79 Å². The Morgan fingerprint density at radius 2 is 1.83 bits per heavy atom. The molecule has 1 aliphatic rings. The molecule has 24 heavy (non-hydrogen) atoms. The fourth-order valence-electron chi connectivity index (χ4n) is 3.62. The highest BCUT2D eigenvalue weighted by Crippen LogP contribution is 2.33. The second-order valence-corrected chi connectivity index (χ2v) is 6.55. The average Bonchev–Trinajstić information content (AvgIpc) is 3.00. The molecule has 2 aromatic rings. The lowest BCUT2D eigenvalue weighted by atomic mass is 9.89. The van der Waals surface area contributed by atoms with Gasteiger partial charge in [-0.2, -0.15) is 0 Å². The lowest BCUT2D eigenvalue weighted by molar-refractivity contribution is -0.114. The number of carbonyl (C=O) groups is 1. The number of anilines is 1. The molecule has 3 N–H and O–H groups in total. The monoisotopic (exact) mass is 323 g/mol. The van der Waals surface area contributed by atoms with Gasteiger partial charge in [0.2, 0.25) is 5.91 Å². The number of para-hydroxylation sites is 1. The van der Waals surface area contributed by atoms with Crippen LogP contribution in [-0.2, 0) is 11.3 Å². The van der Waals surface area contributed by atoms with Gasteiger partial charge in [0.05, 0.1) is 0 Å². The molecule has 0 aromatic heterocycles. The molecule has 4 nitrogen and oxygen atoms in total. The Hall–Kier alpha value is -2.17. The molecule has 0 radical (unpaired) electrons. The van der Waals surface area contributed by atoms with E-state index in [1.54, 1.807) is 6.92 Å². The van der Waals surface area contributed by atoms with Gasteiger partial charge in [0.15, 0.2) is 0 Å². The van der Waals surface area contributed by atoms with E-state index in [4.69, 9.17) is 5.73 Å². The Balaban J connectivity index is 1.74. The van der Waals surface area contributed by atoms with Crippen LogP contribution >= 0.6 is 0 Å². The fourth-order valence-corrected chi connectivity index (χ4v) is 3.62. The van der Waals surface area contributed by atoms with Crippen LogP contribution in [0.3, 0.4) is 0 Å². The number of nitrogens with zero attached hydrogens (tertiary/aromatic N) is 1. The molecule has 0 bridgehead atoms. The zero-order valence-electron chi connectivity index (χ0n) is 14.1. The van der Waals surface area contributed by atoms with E-state index in [1.807, 2.05) is 18.2 Å². The van der Waals surface area contributed by atoms with Crippen LogP contribution in [0, 0.1) is 5.92 Å². The van der Waals surface area contributed by atoms with Crippen molar-refractivity contribution in [3.05, 3.63) is 65.7 Å². The molecule has 1 aliphatic heterocycles. The smallest absolute Gasteiger partial charge is 0.221 e. The standard InChI is InChI=1S/C20H25N3O/c1-15(24)22-20-10-6-5-9-17(20)12-23-13-18(11-21)19(14-23)16-7-3-2-4-8-16/h2-10,18-19H,11-14,21H2,1H3,(H,22,24)/t18-,19+/m1/s1. The highest BCUT2D eigenvalue weighted by atomic mass is 16.1. The third-order valence-corrected chi connectivity index (χ3v) is 4.77. The van der Waals surface area contributed by atoms with Crippen LogP contribution in [0.15, 0.2) is 54.6 Å². The van der Waals surface area contributed by atoms with E-state index in [1.165, 1.54) is 5.56 Å². The third kappa shape index (κ3) is 3.83. The summed E-state index contributed by atoms with van der Waals surface area (Å²) in [5.74, 6) is 0.912. The predicted octanol–water partition coefficient (Wildman–Crippen LogP) is 2.82. The largest absolute Gasteiger partial charge is 0.330 e. The number of likely N-dealkylation sites (tertiary alicyclic amines) is 1. The molecule has 1 saturated heterocycles. The minimum absolute atomic E-state index is 0.0362. The summed E-state index contributed by atoms with van der Waals surface area (Å²) in [5.41, 5.74) is 9.45. The molecule has 1 fully saturated rings. The number of carbonyl (C=O) groups excluding carboxylic acids is 1. The van der Waals surface area contributed by atoms with Crippen molar-refractivity contribution in [2.45, 2.75) is 19.4 Å². The Morgan fingerprint density at radius 3 is 2.54 bits per heavy atom. The average molecular weight is 323 g/mol. The number of benzene rings is 2. The van der Waals surface area contributed by atoms with Gasteiger partial charge in [-0.05, 0) is 29.7 Å². The van der Waals surface area contributed by atoms with E-state index in [0.29, 0.717) is 18.4 Å². The first kappa shape index (κ1) is 16.7. The fraction of sp³-hybridized carbons (Fsp3) is 0.350. The van der Waals surface area contributed by atoms with Gasteiger partial charge in [0.25, 0.3) is 0 Å². The van der Waals surface area contributed by atoms with Gasteiger partial charge >= 0.3 is 0 Å². The van der Waals surface area contributed by atoms with Gasteiger partial charge in [-0.1, -0.05) is 48.5 Å². The van der Waals surface area contributed by atoms with Crippen LogP contribution in [0.5, 0.6) is 0 Å². The Kier molecular flexibility index (Phi) is 5.28. The first-order chi connectivity index (χ1) is 11.7. The van der Waals surface area contributed by atoms with Gasteiger partial charge in [-0.15, -0.1) is 0 Å². The number of hydrogen-bond donors (Lipinski definition) is 2. The number of nitrogens with two attached hydrogens (primary N) is 1. The molecule has 1 amide bonds. The molecule has 0 saturated carbocycles. The summed E-state index contributed by atoms with van der Waals surface area (Å²) in [4.78, 5) is 13.8. The second kappa shape index (κ2) is 7.60. The summed E-state index contributed by atoms with van der Waals surface area (Å²) >= 11 is 0. The highest BCUT2D eigenvalue weighted by molar-refractivity contribution is 5.89. The van der Waals surface area contributed by atoms with Crippen molar-refractivity contribution >= 4 is 11.6 Å². The summed E-state index contributed by atoms with van der Waals surface area (Å²) < 4.78 is 0. The molecule has 2 atom stereocenters. The second-order valence-electron chi connectivity index (χ2n) is 6.55. The van der Waals surface area contributed by atoms with Crippen LogP contribution < -0.4 is 11.1 Å². The van der Waals surface area contributed by atoms with E-state index in [2.05, 4.69) is 46.6 Å². The summed E-state index contributed by atoms with van der Waals surface area (Å²) in [6, 6.07) is 18.7. The van der Waals surface area contributed by atoms with Crippen molar-refractivity contribution in [3.8, 4) is 0 Å². The third-order valence-electron chi connectivity index (χ3n) is 4.77. The van der Waals surface area contributed by atoms with E-state index in [-0.39, 0.29) is 5.91 Å². The number of hydrogen-bond acceptors (Lipinski definition) is 3. The minimum atomic E-state index is -0.0362. The van der Waals surface area contributed by atoms with Crippen LogP contribution in [0.25, 0.3) is 0 Å². The molecule has 1 heterocycles. The Bertz CT molecular complexity index is 686. The molecular formula is C20H25N3O. The quantitative estimate of drug-likeness (QED) is 0.889. The number of amides is 1. The number of nitrogens with one attached hydrogen (secondary N) is 1. The molecule has 4 heteroatoms. The highest BCUT2D eigenvalue weighted by Gasteiger charge is 2.32. The summed E-state index contributed by atoms with van der Waals surface area (Å²) in [7, 11) is 0. The van der Waals surface area contributed by atoms with Crippen LogP contribution in [0.1, 0.15) is 24.0 Å². The van der Waals surface area contributed by atoms with Crippen molar-refractivity contribution in [2.24, 2.45) is 11.7 Å². The van der Waals surface area contributed by atoms with Crippen molar-refractivity contribution in [1.29, 1.82) is 0 Å². The molecule has 3 rings (SSSR count). The summed E-state index contributed by atoms with van der Waals surface area (Å²) in [5, 5.41) is 2.93. The minimum Gasteiger partial charge on any atom is -0.330 e. The van der Waals surface area contributed by atoms with Crippen molar-refractivity contribution in [1.82, 2.24) is 4.90 Å². The van der Waals surface area contributed by atoms with Crippen molar-refractivity contribution in [2.75, 3.05) is 25.0 Å². The van der Waals surface area contributed by atoms with Gasteiger partial charge in [0, 0.05) is 38.2 Å². The maximum atomic E-state index is 11.4. The SMILES string of the molecule is CC(=O)Nc1ccccc1CN1C[C@@H](CN)[C@H](c2ccccc2)C1. The van der Waals surface area contributed by atoms with Gasteiger partial charge < -0.3 is 11.1 Å². The van der Waals surface area contributed by atoms with Gasteiger partial charge in [-0.25, -0.2) is 0 Å². The Morgan fingerprint density at radius 1 is 1.12 bits per heavy atom. The zero-order valence-corrected chi connectivity index (χ0v) is 14.1. The van der Waals surface area contributed by atoms with Crippen LogP contribution in [0.2, 0.25) is 0 Å². The Labute approximate surface area is 143 Å². The molecule has 0 aliphatic carbocycles. The normalized spacial score (nSPS) is 20.9. The molecular weight excluding hydrogens is 298 g/mol. The molecule has 126 valence electrons. The zero-order chi connectivity index (χ0) is 16.9. The maximum Gasteiger partial charge on any atom is 0.221 e. The lowest BCUT2D eigenvalue weighted by Crippen LogP contribution is -2.23. The van der Waals surface area contributed by atoms with Gasteiger partial charge in [-0.3, -0.25) is 9.69 Å². The topological polar surface area (TPSA) is 58.4 Å². The summed E-state index contributed by atoms with van der Waals surface area (Å²) in [6.45, 7) is 5.06. The van der Waals surface area contributed by atoms with E-state index in [0.717, 1.165) is 30.9 Å². The first-order valence-electron chi connectivity index (χ1n) is 8.50. The predicted molar refractivity (Wildman–Crippen MR) is 97.8 cm³/mol. The number of rotatable bonds is 5. The van der Waals surface area contributed by atoms with Crippen molar-refractivity contribution in [3.63, 3.8) is 0 Å². The maximum absolute atomic E-state index is 11.4.